The van der Waals surface area contributed by atoms with E-state index in [0.29, 0.717) is 11.8 Å². The zero-order valence-electron chi connectivity index (χ0n) is 11.1. The number of hydrogen-bond donors (Lipinski definition) is 0. The van der Waals surface area contributed by atoms with Crippen molar-refractivity contribution in [1.29, 1.82) is 0 Å². The second-order valence-corrected chi connectivity index (χ2v) is 4.75. The Balaban J connectivity index is 0.000000284. The molecule has 0 aliphatic heterocycles. The minimum absolute atomic E-state index is 0. The first-order chi connectivity index (χ1) is 7.61. The topological polar surface area (TPSA) is 0 Å². The van der Waals surface area contributed by atoms with Gasteiger partial charge in [0.1, 0.15) is 0 Å². The van der Waals surface area contributed by atoms with Crippen molar-refractivity contribution in [2.75, 3.05) is 0 Å². The maximum absolute atomic E-state index is 2.20. The molecule has 0 nitrogen and oxygen atoms in total. The molecular weight excluding hydrogens is 293 g/mol. The van der Waals surface area contributed by atoms with Crippen LogP contribution in [0.15, 0.2) is 48.5 Å². The van der Waals surface area contributed by atoms with Gasteiger partial charge in [-0.2, -0.15) is 35.4 Å². The normalized spacial score (nSPS) is 9.76. The first-order valence-corrected chi connectivity index (χ1v) is 6.04. The van der Waals surface area contributed by atoms with Crippen LogP contribution in [0.5, 0.6) is 0 Å². The van der Waals surface area contributed by atoms with Gasteiger partial charge in [0.05, 0.1) is 0 Å². The summed E-state index contributed by atoms with van der Waals surface area (Å²) in [7, 11) is 0. The van der Waals surface area contributed by atoms with Crippen molar-refractivity contribution < 1.29 is 19.5 Å². The average molecular weight is 315 g/mol. The van der Waals surface area contributed by atoms with E-state index in [-0.39, 0.29) is 19.5 Å². The molecule has 0 aliphatic rings. The molecule has 0 radical (unpaired) electrons. The van der Waals surface area contributed by atoms with Gasteiger partial charge in [0, 0.05) is 0 Å². The van der Waals surface area contributed by atoms with Crippen LogP contribution in [0.3, 0.4) is 0 Å². The predicted molar refractivity (Wildman–Crippen MR) is 72.2 cm³/mol. The fourth-order valence-electron chi connectivity index (χ4n) is 1.55. The summed E-state index contributed by atoms with van der Waals surface area (Å²) in [5, 5.41) is 0. The molecule has 0 unspecified atom stereocenters. The van der Waals surface area contributed by atoms with Crippen molar-refractivity contribution in [3.8, 4) is 0 Å². The Morgan fingerprint density at radius 1 is 0.588 bits per heavy atom. The second-order valence-electron chi connectivity index (χ2n) is 4.75. The van der Waals surface area contributed by atoms with Crippen molar-refractivity contribution in [1.82, 2.24) is 0 Å². The summed E-state index contributed by atoms with van der Waals surface area (Å²) in [6, 6.07) is 16.9. The molecule has 0 saturated carbocycles. The first-order valence-electron chi connectivity index (χ1n) is 6.04. The zero-order chi connectivity index (χ0) is 12.0. The molecule has 0 aliphatic carbocycles. The Kier molecular flexibility index (Phi) is 8.08. The van der Waals surface area contributed by atoms with Crippen molar-refractivity contribution in [3.05, 3.63) is 59.7 Å². The minimum Gasteiger partial charge on any atom is -0.213 e. The summed E-state index contributed by atoms with van der Waals surface area (Å²) in [5.74, 6) is 1.37. The minimum atomic E-state index is 0. The Labute approximate surface area is 119 Å². The summed E-state index contributed by atoms with van der Waals surface area (Å²) in [5.41, 5.74) is 2.87. The first kappa shape index (κ1) is 16.3. The Morgan fingerprint density at radius 3 is 0.941 bits per heavy atom. The quantitative estimate of drug-likeness (QED) is 0.537. The number of rotatable bonds is 2. The van der Waals surface area contributed by atoms with Gasteiger partial charge in [0.2, 0.25) is 0 Å². The standard InChI is InChI=1S/2C8H11.Ru/c2*1-7(2)8-5-3-4-6-8;/h2*3-7H,1-2H3;/q2*-1;+2. The maximum atomic E-state index is 2.20. The van der Waals surface area contributed by atoms with Crippen molar-refractivity contribution in [2.45, 2.75) is 39.5 Å². The molecule has 0 aromatic heterocycles. The molecule has 2 aromatic carbocycles. The molecule has 0 heterocycles. The maximum Gasteiger partial charge on any atom is 2.00 e. The molecular formula is C16H22Ru. The van der Waals surface area contributed by atoms with Crippen LogP contribution in [0.25, 0.3) is 0 Å². The molecule has 2 rings (SSSR count). The molecule has 1 heteroatoms. The van der Waals surface area contributed by atoms with E-state index < -0.39 is 0 Å². The molecule has 0 amide bonds. The Morgan fingerprint density at radius 2 is 0.824 bits per heavy atom. The predicted octanol–water partition coefficient (Wildman–Crippen LogP) is 5.06. The van der Waals surface area contributed by atoms with E-state index in [1.165, 1.54) is 11.1 Å². The van der Waals surface area contributed by atoms with Crippen molar-refractivity contribution in [2.24, 2.45) is 0 Å². The van der Waals surface area contributed by atoms with Gasteiger partial charge in [0.15, 0.2) is 0 Å². The van der Waals surface area contributed by atoms with Gasteiger partial charge in [-0.3, -0.25) is 0 Å². The van der Waals surface area contributed by atoms with Crippen LogP contribution in [-0.2, 0) is 19.5 Å². The van der Waals surface area contributed by atoms with Crippen LogP contribution in [0.4, 0.5) is 0 Å². The van der Waals surface area contributed by atoms with E-state index in [4.69, 9.17) is 0 Å². The molecule has 2 aromatic rings. The van der Waals surface area contributed by atoms with Crippen LogP contribution >= 0.6 is 0 Å². The molecule has 0 saturated heterocycles. The average Bonchev–Trinajstić information content (AvgIpc) is 2.93. The largest absolute Gasteiger partial charge is 2.00 e. The van der Waals surface area contributed by atoms with Crippen molar-refractivity contribution in [3.63, 3.8) is 0 Å². The van der Waals surface area contributed by atoms with Crippen LogP contribution in [0, 0.1) is 0 Å². The van der Waals surface area contributed by atoms with E-state index in [2.05, 4.69) is 76.2 Å². The molecule has 17 heavy (non-hydrogen) atoms. The third-order valence-corrected chi connectivity index (χ3v) is 2.71. The van der Waals surface area contributed by atoms with Crippen LogP contribution < -0.4 is 0 Å². The smallest absolute Gasteiger partial charge is 0.213 e. The molecule has 0 spiro atoms. The summed E-state index contributed by atoms with van der Waals surface area (Å²) in [6.07, 6.45) is 0. The van der Waals surface area contributed by atoms with Crippen LogP contribution in [0.1, 0.15) is 50.7 Å². The molecule has 0 atom stereocenters. The van der Waals surface area contributed by atoms with Crippen molar-refractivity contribution >= 4 is 0 Å². The van der Waals surface area contributed by atoms with E-state index in [0.717, 1.165) is 0 Å². The Bertz CT molecular complexity index is 314. The van der Waals surface area contributed by atoms with Gasteiger partial charge in [-0.25, -0.2) is 24.3 Å². The summed E-state index contributed by atoms with van der Waals surface area (Å²) < 4.78 is 0. The Hall–Kier alpha value is -0.677. The van der Waals surface area contributed by atoms with Gasteiger partial charge >= 0.3 is 19.5 Å². The van der Waals surface area contributed by atoms with E-state index in [1.807, 2.05) is 0 Å². The summed E-state index contributed by atoms with van der Waals surface area (Å²) in [4.78, 5) is 0. The monoisotopic (exact) mass is 316 g/mol. The van der Waals surface area contributed by atoms with Gasteiger partial charge in [-0.05, 0) is 0 Å². The molecule has 94 valence electrons. The summed E-state index contributed by atoms with van der Waals surface area (Å²) >= 11 is 0. The van der Waals surface area contributed by atoms with E-state index in [9.17, 15) is 0 Å². The second kappa shape index (κ2) is 8.42. The molecule has 0 N–H and O–H groups in total. The summed E-state index contributed by atoms with van der Waals surface area (Å²) in [6.45, 7) is 8.81. The van der Waals surface area contributed by atoms with Gasteiger partial charge in [-0.15, -0.1) is 0 Å². The van der Waals surface area contributed by atoms with Gasteiger partial charge in [-0.1, -0.05) is 39.5 Å². The molecule has 0 fully saturated rings. The number of hydrogen-bond acceptors (Lipinski definition) is 0. The molecule has 0 bridgehead atoms. The zero-order valence-corrected chi connectivity index (χ0v) is 12.9. The van der Waals surface area contributed by atoms with E-state index in [1.54, 1.807) is 0 Å². The van der Waals surface area contributed by atoms with Crippen LogP contribution in [-0.4, -0.2) is 0 Å². The fraction of sp³-hybridized carbons (Fsp3) is 0.375. The van der Waals surface area contributed by atoms with Gasteiger partial charge in [0.25, 0.3) is 0 Å². The van der Waals surface area contributed by atoms with E-state index >= 15 is 0 Å². The third kappa shape index (κ3) is 5.98. The fourth-order valence-corrected chi connectivity index (χ4v) is 1.55. The van der Waals surface area contributed by atoms with Gasteiger partial charge < -0.3 is 0 Å². The van der Waals surface area contributed by atoms with Crippen LogP contribution in [0.2, 0.25) is 0 Å². The third-order valence-electron chi connectivity index (χ3n) is 2.71. The SMILES string of the molecule is CC(C)[c-]1cccc1.CC(C)[c-]1cccc1.[Ru+2].